The Kier molecular flexibility index (Phi) is 5.54. The van der Waals surface area contributed by atoms with E-state index >= 15 is 0 Å². The Bertz CT molecular complexity index is 174. The summed E-state index contributed by atoms with van der Waals surface area (Å²) in [6, 6.07) is -0.805. The van der Waals surface area contributed by atoms with Crippen molar-refractivity contribution in [2.75, 3.05) is 5.75 Å². The summed E-state index contributed by atoms with van der Waals surface area (Å²) in [6.07, 6.45) is 0. The maximum absolute atomic E-state index is 10.3. The highest BCUT2D eigenvalue weighted by molar-refractivity contribution is 7.80. The molecule has 0 bridgehead atoms. The highest BCUT2D eigenvalue weighted by atomic mass is 35.5. The molecule has 0 rings (SSSR count). The minimum Gasteiger partial charge on any atom is -0.480 e. The second kappa shape index (κ2) is 5.57. The number of carboxylic acids is 1. The molecule has 0 saturated carbocycles. The molecule has 64 valence electrons. The van der Waals surface area contributed by atoms with Crippen molar-refractivity contribution in [1.82, 2.24) is 5.32 Å². The lowest BCUT2D eigenvalue weighted by Crippen LogP contribution is -2.36. The van der Waals surface area contributed by atoms with Gasteiger partial charge in [0.15, 0.2) is 0 Å². The fraction of sp³-hybridized carbons (Fsp3) is 0.400. The molecule has 0 aliphatic heterocycles. The van der Waals surface area contributed by atoms with Crippen LogP contribution in [0.4, 0.5) is 0 Å². The molecule has 0 radical (unpaired) electrons. The highest BCUT2D eigenvalue weighted by Crippen LogP contribution is 2.01. The van der Waals surface area contributed by atoms with Gasteiger partial charge in [0.05, 0.1) is 0 Å². The number of nitrogens with one attached hydrogen (secondary N) is 1. The third-order valence-corrected chi connectivity index (χ3v) is 1.80. The first-order valence-electron chi connectivity index (χ1n) is 2.68. The Morgan fingerprint density at radius 2 is 2.36 bits per heavy atom. The summed E-state index contributed by atoms with van der Waals surface area (Å²) in [6.45, 7) is 0. The van der Waals surface area contributed by atoms with Gasteiger partial charge in [0, 0.05) is 11.3 Å². The van der Waals surface area contributed by atoms with Crippen LogP contribution in [-0.2, 0) is 4.79 Å². The number of thiol groups is 1. The minimum atomic E-state index is -1.02. The van der Waals surface area contributed by atoms with E-state index in [0.29, 0.717) is 0 Å². The van der Waals surface area contributed by atoms with Crippen LogP contribution in [0.25, 0.3) is 0 Å². The number of hydrogen-bond donors (Lipinski definition) is 3. The molecule has 0 fully saturated rings. The van der Waals surface area contributed by atoms with Gasteiger partial charge in [-0.3, -0.25) is 0 Å². The fourth-order valence-corrected chi connectivity index (χ4v) is 0.826. The molecule has 0 unspecified atom stereocenters. The summed E-state index contributed by atoms with van der Waals surface area (Å²) in [4.78, 5) is 10.3. The van der Waals surface area contributed by atoms with Crippen LogP contribution < -0.4 is 5.32 Å². The van der Waals surface area contributed by atoms with Crippen molar-refractivity contribution in [3.8, 4) is 0 Å². The Hall–Kier alpha value is -0.0600. The molecule has 0 aliphatic carbocycles. The molecule has 0 aromatic rings. The van der Waals surface area contributed by atoms with Crippen molar-refractivity contribution in [1.29, 1.82) is 0 Å². The molecule has 11 heavy (non-hydrogen) atoms. The molecule has 0 aromatic carbocycles. The second-order valence-corrected chi connectivity index (χ2v) is 2.67. The Morgan fingerprint density at radius 3 is 2.64 bits per heavy atom. The summed E-state index contributed by atoms with van der Waals surface area (Å²) in [5.41, 5.74) is 1.06. The van der Waals surface area contributed by atoms with Gasteiger partial charge in [0.25, 0.3) is 0 Å². The van der Waals surface area contributed by atoms with Crippen molar-refractivity contribution in [2.24, 2.45) is 0 Å². The monoisotopic (exact) mass is 215 g/mol. The van der Waals surface area contributed by atoms with Crippen molar-refractivity contribution < 1.29 is 9.90 Å². The minimum absolute atomic E-state index is 0.0908. The molecule has 0 aliphatic rings. The molecule has 2 N–H and O–H groups in total. The number of aliphatic carboxylic acids is 1. The van der Waals surface area contributed by atoms with Gasteiger partial charge in [-0.2, -0.15) is 12.6 Å². The van der Waals surface area contributed by atoms with Crippen LogP contribution in [0, 0.1) is 0 Å². The lowest BCUT2D eigenvalue weighted by atomic mass is 10.3. The van der Waals surface area contributed by atoms with Crippen LogP contribution in [0.5, 0.6) is 0 Å². The number of rotatable bonds is 4. The quantitative estimate of drug-likeness (QED) is 0.489. The maximum atomic E-state index is 10.3. The second-order valence-electron chi connectivity index (χ2n) is 1.67. The highest BCUT2D eigenvalue weighted by Gasteiger charge is 2.14. The van der Waals surface area contributed by atoms with Gasteiger partial charge in [-0.05, 0) is 0 Å². The van der Waals surface area contributed by atoms with E-state index in [-0.39, 0.29) is 10.9 Å². The van der Waals surface area contributed by atoms with E-state index in [9.17, 15) is 4.79 Å². The molecule has 0 spiro atoms. The van der Waals surface area contributed by atoms with Gasteiger partial charge in [-0.1, -0.05) is 23.2 Å². The average molecular weight is 216 g/mol. The van der Waals surface area contributed by atoms with E-state index in [1.807, 2.05) is 0 Å². The van der Waals surface area contributed by atoms with Gasteiger partial charge in [0.2, 0.25) is 0 Å². The fourth-order valence-electron chi connectivity index (χ4n) is 0.383. The predicted molar refractivity (Wildman–Crippen MR) is 48.2 cm³/mol. The van der Waals surface area contributed by atoms with Gasteiger partial charge < -0.3 is 10.4 Å². The summed E-state index contributed by atoms with van der Waals surface area (Å²) >= 11 is 14.4. The molecule has 0 amide bonds. The van der Waals surface area contributed by atoms with Crippen LogP contribution in [0.1, 0.15) is 0 Å². The summed E-state index contributed by atoms with van der Waals surface area (Å²) in [7, 11) is 0. The van der Waals surface area contributed by atoms with E-state index in [1.54, 1.807) is 0 Å². The first-order valence-corrected chi connectivity index (χ1v) is 4.12. The smallest absolute Gasteiger partial charge is 0.326 e. The summed E-state index contributed by atoms with van der Waals surface area (Å²) in [5.74, 6) is -0.868. The van der Waals surface area contributed by atoms with Gasteiger partial charge in [0.1, 0.15) is 11.2 Å². The lowest BCUT2D eigenvalue weighted by Gasteiger charge is -2.10. The molecular formula is C5H7Cl2NO2S. The summed E-state index contributed by atoms with van der Waals surface area (Å²) in [5, 5.41) is 11.0. The molecule has 6 heteroatoms. The number of carbonyl (C=O) groups is 1. The predicted octanol–water partition coefficient (Wildman–Crippen LogP) is 1.24. The normalized spacial score (nSPS) is 14.3. The van der Waals surface area contributed by atoms with Crippen LogP contribution in [0.2, 0.25) is 0 Å². The number of carboxylic acid groups (broad SMARTS) is 1. The largest absolute Gasteiger partial charge is 0.480 e. The van der Waals surface area contributed by atoms with Crippen LogP contribution >= 0.6 is 35.8 Å². The van der Waals surface area contributed by atoms with E-state index in [2.05, 4.69) is 17.9 Å². The lowest BCUT2D eigenvalue weighted by molar-refractivity contribution is -0.138. The first kappa shape index (κ1) is 10.9. The maximum Gasteiger partial charge on any atom is 0.326 e. The Balaban J connectivity index is 3.98. The van der Waals surface area contributed by atoms with Crippen LogP contribution in [0.15, 0.2) is 10.7 Å². The number of hydrogen-bond acceptors (Lipinski definition) is 3. The third kappa shape index (κ3) is 4.40. The molecule has 0 saturated heterocycles. The van der Waals surface area contributed by atoms with Crippen LogP contribution in [-0.4, -0.2) is 22.9 Å². The van der Waals surface area contributed by atoms with E-state index < -0.39 is 12.0 Å². The van der Waals surface area contributed by atoms with Gasteiger partial charge in [-0.25, -0.2) is 4.79 Å². The van der Waals surface area contributed by atoms with E-state index in [0.717, 1.165) is 5.54 Å². The van der Waals surface area contributed by atoms with Crippen LogP contribution in [0.3, 0.4) is 0 Å². The van der Waals surface area contributed by atoms with E-state index in [1.165, 1.54) is 0 Å². The zero-order chi connectivity index (χ0) is 8.85. The molecule has 3 nitrogen and oxygen atoms in total. The molecule has 0 aromatic heterocycles. The van der Waals surface area contributed by atoms with Crippen molar-refractivity contribution in [3.05, 3.63) is 10.7 Å². The summed E-state index contributed by atoms with van der Waals surface area (Å²) < 4.78 is 0. The zero-order valence-electron chi connectivity index (χ0n) is 5.42. The van der Waals surface area contributed by atoms with Crippen molar-refractivity contribution in [3.63, 3.8) is 0 Å². The Morgan fingerprint density at radius 1 is 1.82 bits per heavy atom. The molecular weight excluding hydrogens is 209 g/mol. The molecule has 1 atom stereocenters. The third-order valence-electron chi connectivity index (χ3n) is 0.889. The molecule has 0 heterocycles. The van der Waals surface area contributed by atoms with Gasteiger partial charge in [-0.15, -0.1) is 0 Å². The van der Waals surface area contributed by atoms with Gasteiger partial charge >= 0.3 is 5.97 Å². The SMILES string of the molecule is O=C(O)[C@@H](CS)N/C(Cl)=C/Cl. The van der Waals surface area contributed by atoms with Crippen molar-refractivity contribution in [2.45, 2.75) is 6.04 Å². The Labute approximate surface area is 79.8 Å². The number of halogens is 2. The standard InChI is InChI=1S/C5H7Cl2NO2S/c6-1-4(7)8-3(2-11)5(9)10/h1,3,8,11H,2H2,(H,9,10)/b4-1+/t3-/m1/s1. The average Bonchev–Trinajstić information content (AvgIpc) is 1.99. The van der Waals surface area contributed by atoms with E-state index in [4.69, 9.17) is 28.3 Å². The van der Waals surface area contributed by atoms with Crippen molar-refractivity contribution >= 4 is 41.8 Å². The zero-order valence-corrected chi connectivity index (χ0v) is 7.83. The first-order chi connectivity index (χ1) is 5.11. The topological polar surface area (TPSA) is 49.3 Å².